The van der Waals surface area contributed by atoms with Crippen LogP contribution in [0.15, 0.2) is 0 Å². The molecule has 1 amide bonds. The fraction of sp³-hybridized carbons (Fsp3) is 0.857. The van der Waals surface area contributed by atoms with Crippen molar-refractivity contribution in [3.8, 4) is 0 Å². The molecule has 6 heteroatoms. The molecule has 3 rings (SSSR count). The maximum atomic E-state index is 11.8. The number of aliphatic hydroxyl groups is 1. The second kappa shape index (κ2) is 2.00. The van der Waals surface area contributed by atoms with E-state index >= 15 is 0 Å². The van der Waals surface area contributed by atoms with E-state index in [4.69, 9.17) is 0 Å². The van der Waals surface area contributed by atoms with Crippen molar-refractivity contribution < 1.29 is 23.1 Å². The molecule has 3 fully saturated rings. The Bertz CT molecular complexity index is 254. The van der Waals surface area contributed by atoms with Crippen molar-refractivity contribution >= 4 is 5.91 Å². The van der Waals surface area contributed by atoms with Crippen LogP contribution >= 0.6 is 0 Å². The number of hydrogen-bond donors (Lipinski definition) is 2. The van der Waals surface area contributed by atoms with Crippen LogP contribution in [0.4, 0.5) is 13.2 Å². The molecular formula is C7H8F3NO2. The van der Waals surface area contributed by atoms with E-state index in [1.165, 1.54) is 0 Å². The van der Waals surface area contributed by atoms with Gasteiger partial charge in [0.2, 0.25) is 0 Å². The van der Waals surface area contributed by atoms with Gasteiger partial charge in [0.05, 0.1) is 5.60 Å². The van der Waals surface area contributed by atoms with E-state index in [-0.39, 0.29) is 19.3 Å². The van der Waals surface area contributed by atoms with Gasteiger partial charge < -0.3 is 10.4 Å². The zero-order chi connectivity index (χ0) is 9.91. The predicted molar refractivity (Wildman–Crippen MR) is 35.7 cm³/mol. The first-order valence-electron chi connectivity index (χ1n) is 3.87. The van der Waals surface area contributed by atoms with Crippen LogP contribution in [0.25, 0.3) is 0 Å². The minimum Gasteiger partial charge on any atom is -0.390 e. The monoisotopic (exact) mass is 195 g/mol. The van der Waals surface area contributed by atoms with E-state index in [1.54, 1.807) is 0 Å². The van der Waals surface area contributed by atoms with E-state index in [2.05, 4.69) is 0 Å². The lowest BCUT2D eigenvalue weighted by atomic mass is 9.46. The Balaban J connectivity index is 1.91. The number of rotatable bonds is 1. The van der Waals surface area contributed by atoms with E-state index in [1.807, 2.05) is 5.32 Å². The number of amides is 1. The topological polar surface area (TPSA) is 49.3 Å². The summed E-state index contributed by atoms with van der Waals surface area (Å²) in [6, 6.07) is 0. The summed E-state index contributed by atoms with van der Waals surface area (Å²) in [5.74, 6) is -1.91. The molecule has 0 spiro atoms. The summed E-state index contributed by atoms with van der Waals surface area (Å²) in [4.78, 5) is 10.5. The molecule has 2 N–H and O–H groups in total. The highest BCUT2D eigenvalue weighted by Gasteiger charge is 2.69. The van der Waals surface area contributed by atoms with Gasteiger partial charge >= 0.3 is 12.1 Å². The van der Waals surface area contributed by atoms with E-state index in [0.717, 1.165) is 0 Å². The molecule has 0 saturated heterocycles. The van der Waals surface area contributed by atoms with Gasteiger partial charge in [-0.25, -0.2) is 0 Å². The Labute approximate surface area is 71.9 Å². The van der Waals surface area contributed by atoms with Crippen LogP contribution in [0, 0.1) is 0 Å². The van der Waals surface area contributed by atoms with E-state index < -0.39 is 23.2 Å². The summed E-state index contributed by atoms with van der Waals surface area (Å²) in [7, 11) is 0. The molecule has 0 heterocycles. The van der Waals surface area contributed by atoms with E-state index in [9.17, 15) is 23.1 Å². The highest BCUT2D eigenvalue weighted by Crippen LogP contribution is 2.60. The third-order valence-corrected chi connectivity index (χ3v) is 2.64. The van der Waals surface area contributed by atoms with Crippen molar-refractivity contribution in [3.05, 3.63) is 0 Å². The molecule has 0 aromatic rings. The highest BCUT2D eigenvalue weighted by atomic mass is 19.4. The van der Waals surface area contributed by atoms with Crippen LogP contribution in [0.5, 0.6) is 0 Å². The standard InChI is InChI=1S/C7H8F3NO2/c8-7(9,10)4(12)11-5-1-6(13,2-5)3-5/h13H,1-3H2,(H,11,12). The van der Waals surface area contributed by atoms with Gasteiger partial charge in [-0.1, -0.05) is 0 Å². The third-order valence-electron chi connectivity index (χ3n) is 2.64. The average molecular weight is 195 g/mol. The normalized spacial score (nSPS) is 41.8. The zero-order valence-corrected chi connectivity index (χ0v) is 6.61. The average Bonchev–Trinajstić information content (AvgIpc) is 1.79. The van der Waals surface area contributed by atoms with Gasteiger partial charge in [-0.2, -0.15) is 13.2 Å². The predicted octanol–water partition coefficient (Wildman–Crippen LogP) is 0.332. The van der Waals surface area contributed by atoms with Crippen LogP contribution < -0.4 is 5.32 Å². The van der Waals surface area contributed by atoms with Crippen molar-refractivity contribution in [3.63, 3.8) is 0 Å². The Hall–Kier alpha value is -0.780. The van der Waals surface area contributed by atoms with Crippen molar-refractivity contribution in [1.29, 1.82) is 0 Å². The summed E-state index contributed by atoms with van der Waals surface area (Å²) < 4.78 is 35.3. The van der Waals surface area contributed by atoms with Crippen LogP contribution in [-0.2, 0) is 4.79 Å². The fourth-order valence-electron chi connectivity index (χ4n) is 2.18. The molecule has 0 aliphatic heterocycles. The van der Waals surface area contributed by atoms with Crippen molar-refractivity contribution in [1.82, 2.24) is 5.32 Å². The van der Waals surface area contributed by atoms with Gasteiger partial charge in [0.1, 0.15) is 0 Å². The minimum atomic E-state index is -4.82. The summed E-state index contributed by atoms with van der Waals surface area (Å²) in [5.41, 5.74) is -1.56. The molecule has 74 valence electrons. The Morgan fingerprint density at radius 3 is 2.08 bits per heavy atom. The first-order valence-corrected chi connectivity index (χ1v) is 3.87. The second-order valence-corrected chi connectivity index (χ2v) is 3.99. The molecule has 2 bridgehead atoms. The molecule has 3 saturated carbocycles. The first kappa shape index (κ1) is 8.80. The number of nitrogens with one attached hydrogen (secondary N) is 1. The summed E-state index contributed by atoms with van der Waals surface area (Å²) in [5, 5.41) is 11.1. The Kier molecular flexibility index (Phi) is 1.35. The lowest BCUT2D eigenvalue weighted by molar-refractivity contribution is -0.229. The van der Waals surface area contributed by atoms with Crippen LogP contribution in [0.3, 0.4) is 0 Å². The van der Waals surface area contributed by atoms with Gasteiger partial charge in [-0.05, 0) is 19.3 Å². The van der Waals surface area contributed by atoms with E-state index in [0.29, 0.717) is 0 Å². The molecule has 3 aliphatic carbocycles. The lowest BCUT2D eigenvalue weighted by Crippen LogP contribution is -2.79. The lowest BCUT2D eigenvalue weighted by Gasteiger charge is -2.67. The largest absolute Gasteiger partial charge is 0.471 e. The molecule has 0 radical (unpaired) electrons. The maximum absolute atomic E-state index is 11.8. The molecule has 0 aromatic carbocycles. The molecular weight excluding hydrogens is 187 g/mol. The van der Waals surface area contributed by atoms with Gasteiger partial charge in [-0.3, -0.25) is 4.79 Å². The van der Waals surface area contributed by atoms with Crippen LogP contribution in [0.2, 0.25) is 0 Å². The van der Waals surface area contributed by atoms with Crippen molar-refractivity contribution in [2.45, 2.75) is 36.6 Å². The quantitative estimate of drug-likeness (QED) is 0.633. The van der Waals surface area contributed by atoms with Gasteiger partial charge in [0, 0.05) is 5.54 Å². The summed E-state index contributed by atoms with van der Waals surface area (Å²) >= 11 is 0. The molecule has 3 nitrogen and oxygen atoms in total. The SMILES string of the molecule is O=C(NC12CC(O)(C1)C2)C(F)(F)F. The van der Waals surface area contributed by atoms with Gasteiger partial charge in [0.25, 0.3) is 0 Å². The molecule has 0 unspecified atom stereocenters. The Morgan fingerprint density at radius 1 is 1.31 bits per heavy atom. The highest BCUT2D eigenvalue weighted by molar-refractivity contribution is 5.83. The molecule has 3 aliphatic rings. The summed E-state index contributed by atoms with van der Waals surface area (Å²) in [6.45, 7) is 0. The number of alkyl halides is 3. The maximum Gasteiger partial charge on any atom is 0.471 e. The van der Waals surface area contributed by atoms with Crippen molar-refractivity contribution in [2.24, 2.45) is 0 Å². The number of halogens is 3. The number of carbonyl (C=O) groups excluding carboxylic acids is 1. The first-order chi connectivity index (χ1) is 5.75. The molecule has 0 aromatic heterocycles. The van der Waals surface area contributed by atoms with Crippen LogP contribution in [-0.4, -0.2) is 28.3 Å². The smallest absolute Gasteiger partial charge is 0.390 e. The Morgan fingerprint density at radius 2 is 1.77 bits per heavy atom. The second-order valence-electron chi connectivity index (χ2n) is 3.99. The minimum absolute atomic E-state index is 0.252. The van der Waals surface area contributed by atoms with Crippen LogP contribution in [0.1, 0.15) is 19.3 Å². The zero-order valence-electron chi connectivity index (χ0n) is 6.61. The van der Waals surface area contributed by atoms with Crippen molar-refractivity contribution in [2.75, 3.05) is 0 Å². The number of hydrogen-bond acceptors (Lipinski definition) is 2. The molecule has 13 heavy (non-hydrogen) atoms. The number of carbonyl (C=O) groups is 1. The summed E-state index contributed by atoms with van der Waals surface area (Å²) in [6.07, 6.45) is -4.07. The van der Waals surface area contributed by atoms with Gasteiger partial charge in [-0.15, -0.1) is 0 Å². The fourth-order valence-corrected chi connectivity index (χ4v) is 2.18. The third kappa shape index (κ3) is 1.20. The molecule has 0 atom stereocenters. The van der Waals surface area contributed by atoms with Gasteiger partial charge in [0.15, 0.2) is 0 Å².